The number of benzene rings is 2. The van der Waals surface area contributed by atoms with Crippen LogP contribution >= 0.6 is 0 Å². The Morgan fingerprint density at radius 1 is 1.02 bits per heavy atom. The monoisotopic (exact) mass is 533 g/mol. The molecule has 0 saturated heterocycles. The zero-order chi connectivity index (χ0) is 28.8. The fraction of sp³-hybridized carbons (Fsp3) is 0.281. The third-order valence-corrected chi connectivity index (χ3v) is 7.38. The van der Waals surface area contributed by atoms with Crippen molar-refractivity contribution in [1.82, 2.24) is 15.1 Å². The lowest BCUT2D eigenvalue weighted by Gasteiger charge is -2.44. The van der Waals surface area contributed by atoms with Gasteiger partial charge in [-0.1, -0.05) is 74.5 Å². The lowest BCUT2D eigenvalue weighted by Crippen LogP contribution is -2.45. The normalized spacial score (nSPS) is 18.4. The molecule has 202 valence electrons. The second-order valence-corrected chi connectivity index (χ2v) is 11.1. The van der Waals surface area contributed by atoms with Gasteiger partial charge in [0.25, 0.3) is 0 Å². The lowest BCUT2D eigenvalue weighted by atomic mass is 9.68. The molecule has 1 N–H and O–H groups in total. The highest BCUT2D eigenvalue weighted by atomic mass is 16.2. The van der Waals surface area contributed by atoms with Crippen LogP contribution in [0.4, 0.5) is 5.82 Å². The number of nitrogens with zero attached hydrogens (tertiary/aromatic N) is 4. The van der Waals surface area contributed by atoms with Gasteiger partial charge in [0.05, 0.1) is 23.3 Å². The average Bonchev–Trinajstić information content (AvgIpc) is 3.24. The lowest BCUT2D eigenvalue weighted by molar-refractivity contribution is -0.118. The Kier molecular flexibility index (Phi) is 6.76. The molecule has 1 aromatic heterocycles. The Morgan fingerprint density at radius 2 is 1.65 bits per heavy atom. The Balaban J connectivity index is 1.93. The molecule has 1 amide bonds. The third kappa shape index (κ3) is 4.54. The van der Waals surface area contributed by atoms with E-state index in [1.807, 2.05) is 81.4 Å². The second-order valence-electron chi connectivity index (χ2n) is 11.1. The topological polar surface area (TPSA) is 108 Å². The van der Waals surface area contributed by atoms with Crippen molar-refractivity contribution in [3.8, 4) is 17.2 Å². The number of rotatable bonds is 4. The highest BCUT2D eigenvalue weighted by Crippen LogP contribution is 2.52. The molecule has 2 aromatic carbocycles. The van der Waals surface area contributed by atoms with Crippen LogP contribution < -0.4 is 10.2 Å². The minimum absolute atomic E-state index is 0.0633. The summed E-state index contributed by atoms with van der Waals surface area (Å²) in [5.74, 6) is -0.832. The molecule has 1 unspecified atom stereocenters. The number of amides is 1. The zero-order valence-corrected chi connectivity index (χ0v) is 23.3. The number of nitrogens with one attached hydrogen (secondary N) is 1. The Morgan fingerprint density at radius 3 is 2.23 bits per heavy atom. The van der Waals surface area contributed by atoms with E-state index in [2.05, 4.69) is 16.5 Å². The summed E-state index contributed by atoms with van der Waals surface area (Å²) in [7, 11) is 0. The van der Waals surface area contributed by atoms with Gasteiger partial charge in [0.2, 0.25) is 11.8 Å². The van der Waals surface area contributed by atoms with E-state index in [1.54, 1.807) is 4.90 Å². The van der Waals surface area contributed by atoms with Crippen molar-refractivity contribution in [2.24, 2.45) is 5.41 Å². The molecule has 3 aromatic rings. The fourth-order valence-electron chi connectivity index (χ4n) is 5.87. The molecule has 2 aliphatic rings. The van der Waals surface area contributed by atoms with Gasteiger partial charge in [0.15, 0.2) is 11.6 Å². The van der Waals surface area contributed by atoms with E-state index in [1.165, 1.54) is 18.5 Å². The number of allylic oxidation sites excluding steroid dienone is 3. The number of ketones is 1. The molecule has 0 saturated carbocycles. The Bertz CT molecular complexity index is 1640. The number of nitriles is 1. The third-order valence-electron chi connectivity index (χ3n) is 7.38. The van der Waals surface area contributed by atoms with Gasteiger partial charge in [-0.25, -0.2) is 0 Å². The van der Waals surface area contributed by atoms with Gasteiger partial charge in [-0.3, -0.25) is 19.3 Å². The summed E-state index contributed by atoms with van der Waals surface area (Å²) >= 11 is 0. The molecular formula is C32H31N5O3. The zero-order valence-electron chi connectivity index (χ0n) is 23.3. The number of Topliss-reactive ketones (excluding diaryl/α,β-unsaturated/α-hetero) is 1. The summed E-state index contributed by atoms with van der Waals surface area (Å²) < 4.78 is 1.30. The minimum Gasteiger partial charge on any atom is -0.311 e. The van der Waals surface area contributed by atoms with Crippen LogP contribution in [0.3, 0.4) is 0 Å². The van der Waals surface area contributed by atoms with Crippen LogP contribution in [-0.2, 0) is 9.59 Å². The maximum atomic E-state index is 14.0. The van der Waals surface area contributed by atoms with Gasteiger partial charge >= 0.3 is 0 Å². The summed E-state index contributed by atoms with van der Waals surface area (Å²) in [6.45, 7) is 8.67. The summed E-state index contributed by atoms with van der Waals surface area (Å²) in [5, 5.41) is 18.1. The molecule has 40 heavy (non-hydrogen) atoms. The van der Waals surface area contributed by atoms with E-state index in [9.17, 15) is 19.6 Å². The number of aromatic nitrogens is 2. The largest absolute Gasteiger partial charge is 0.311 e. The molecular weight excluding hydrogens is 502 g/mol. The van der Waals surface area contributed by atoms with E-state index >= 15 is 0 Å². The quantitative estimate of drug-likeness (QED) is 0.465. The van der Waals surface area contributed by atoms with E-state index in [-0.39, 0.29) is 29.0 Å². The molecule has 5 rings (SSSR count). The molecule has 2 heterocycles. The Labute approximate surface area is 233 Å². The first-order chi connectivity index (χ1) is 19.0. The van der Waals surface area contributed by atoms with Crippen molar-refractivity contribution in [2.45, 2.75) is 53.4 Å². The standard InChI is InChI=1S/C32H31N5O3/c1-19-27(22-12-8-6-9-13-22)31(37(35-19)21(3)39)36-25-16-32(4,5)17-26(40)29(25)28(23-14-10-7-11-15-23)24(18-33)30(36)34-20(2)38/h6-15,28H,16-17H2,1-5H3,(H,34,38). The van der Waals surface area contributed by atoms with Crippen molar-refractivity contribution in [3.63, 3.8) is 0 Å². The van der Waals surface area contributed by atoms with Gasteiger partial charge in [0, 0.05) is 37.1 Å². The molecule has 8 heteroatoms. The van der Waals surface area contributed by atoms with Gasteiger partial charge in [0.1, 0.15) is 5.82 Å². The molecule has 1 aliphatic carbocycles. The SMILES string of the molecule is CC(=O)NC1=C(C#N)C(c2ccccc2)C2=C(CC(C)(C)CC2=O)N1c1c(-c2ccccc2)c(C)nn1C(C)=O. The maximum Gasteiger partial charge on any atom is 0.245 e. The second kappa shape index (κ2) is 10.1. The minimum atomic E-state index is -0.669. The van der Waals surface area contributed by atoms with E-state index in [4.69, 9.17) is 0 Å². The molecule has 0 bridgehead atoms. The maximum absolute atomic E-state index is 14.0. The number of anilines is 1. The van der Waals surface area contributed by atoms with Crippen LogP contribution in [0.2, 0.25) is 0 Å². The summed E-state index contributed by atoms with van der Waals surface area (Å²) in [5.41, 5.74) is 3.85. The molecule has 0 spiro atoms. The molecule has 0 radical (unpaired) electrons. The van der Waals surface area contributed by atoms with E-state index in [0.29, 0.717) is 41.2 Å². The molecule has 1 atom stereocenters. The number of carbonyl (C=O) groups excluding carboxylic acids is 3. The van der Waals surface area contributed by atoms with Gasteiger partial charge in [-0.2, -0.15) is 15.0 Å². The predicted molar refractivity (Wildman–Crippen MR) is 152 cm³/mol. The number of hydrogen-bond donors (Lipinski definition) is 1. The first kappa shape index (κ1) is 26.8. The first-order valence-electron chi connectivity index (χ1n) is 13.2. The molecule has 1 aliphatic heterocycles. The molecule has 0 fully saturated rings. The van der Waals surface area contributed by atoms with E-state index < -0.39 is 11.3 Å². The first-order valence-corrected chi connectivity index (χ1v) is 13.2. The van der Waals surface area contributed by atoms with Crippen molar-refractivity contribution in [1.29, 1.82) is 5.26 Å². The highest BCUT2D eigenvalue weighted by Gasteiger charge is 2.47. The Hall–Kier alpha value is -4.77. The number of carbonyl (C=O) groups is 3. The smallest absolute Gasteiger partial charge is 0.245 e. The highest BCUT2D eigenvalue weighted by molar-refractivity contribution is 6.03. The van der Waals surface area contributed by atoms with Crippen molar-refractivity contribution >= 4 is 23.4 Å². The van der Waals surface area contributed by atoms with Gasteiger partial charge in [-0.15, -0.1) is 0 Å². The van der Waals surface area contributed by atoms with Gasteiger partial charge in [-0.05, 0) is 29.9 Å². The van der Waals surface area contributed by atoms with E-state index in [0.717, 1.165) is 11.1 Å². The van der Waals surface area contributed by atoms with Crippen LogP contribution in [0.15, 0.2) is 83.3 Å². The van der Waals surface area contributed by atoms with Crippen LogP contribution in [0.1, 0.15) is 62.5 Å². The summed E-state index contributed by atoms with van der Waals surface area (Å²) in [6, 6.07) is 21.3. The number of hydrogen-bond acceptors (Lipinski definition) is 6. The average molecular weight is 534 g/mol. The van der Waals surface area contributed by atoms with Crippen molar-refractivity contribution in [3.05, 3.63) is 94.6 Å². The van der Waals surface area contributed by atoms with Crippen LogP contribution in [0, 0.1) is 23.7 Å². The summed E-state index contributed by atoms with van der Waals surface area (Å²) in [6.07, 6.45) is 0.795. The molecule has 8 nitrogen and oxygen atoms in total. The van der Waals surface area contributed by atoms with Gasteiger partial charge < -0.3 is 5.32 Å². The van der Waals surface area contributed by atoms with Crippen molar-refractivity contribution < 1.29 is 14.4 Å². The van der Waals surface area contributed by atoms with Crippen LogP contribution in [0.5, 0.6) is 0 Å². The van der Waals surface area contributed by atoms with Crippen LogP contribution in [-0.4, -0.2) is 27.4 Å². The van der Waals surface area contributed by atoms with Crippen molar-refractivity contribution in [2.75, 3.05) is 4.90 Å². The van der Waals surface area contributed by atoms with Crippen LogP contribution in [0.25, 0.3) is 11.1 Å². The number of aryl methyl sites for hydroxylation is 1. The fourth-order valence-corrected chi connectivity index (χ4v) is 5.87. The summed E-state index contributed by atoms with van der Waals surface area (Å²) in [4.78, 5) is 41.4. The predicted octanol–water partition coefficient (Wildman–Crippen LogP) is 5.64.